The van der Waals surface area contributed by atoms with E-state index in [0.717, 1.165) is 49.9 Å². The van der Waals surface area contributed by atoms with Crippen LogP contribution in [0.3, 0.4) is 0 Å². The van der Waals surface area contributed by atoms with Gasteiger partial charge in [-0.15, -0.1) is 0 Å². The molecule has 4 heteroatoms. The van der Waals surface area contributed by atoms with Crippen LogP contribution in [0.5, 0.6) is 0 Å². The summed E-state index contributed by atoms with van der Waals surface area (Å²) in [6.45, 7) is 4.90. The molecule has 0 N–H and O–H groups in total. The monoisotopic (exact) mass is 342 g/mol. The van der Waals surface area contributed by atoms with Gasteiger partial charge in [0.2, 0.25) is 0 Å². The molecule has 1 aromatic heterocycles. The molecule has 0 amide bonds. The summed E-state index contributed by atoms with van der Waals surface area (Å²) in [4.78, 5) is 14.2. The van der Waals surface area contributed by atoms with Crippen molar-refractivity contribution in [2.45, 2.75) is 26.3 Å². The third kappa shape index (κ3) is 2.62. The number of nitrogens with zero attached hydrogens (tertiary/aromatic N) is 4. The van der Waals surface area contributed by atoms with Gasteiger partial charge in [-0.3, -0.25) is 0 Å². The number of benzene rings is 2. The highest BCUT2D eigenvalue weighted by atomic mass is 15.2. The fourth-order valence-corrected chi connectivity index (χ4v) is 4.10. The van der Waals surface area contributed by atoms with Crippen LogP contribution in [-0.2, 0) is 19.4 Å². The van der Waals surface area contributed by atoms with E-state index in [1.807, 2.05) is 6.92 Å². The van der Waals surface area contributed by atoms with Gasteiger partial charge < -0.3 is 9.80 Å². The quantitative estimate of drug-likeness (QED) is 0.703. The Bertz CT molecular complexity index is 966. The van der Waals surface area contributed by atoms with E-state index < -0.39 is 0 Å². The first-order valence-corrected chi connectivity index (χ1v) is 9.31. The molecule has 2 aliphatic heterocycles. The Morgan fingerprint density at radius 2 is 1.46 bits per heavy atom. The zero-order valence-electron chi connectivity index (χ0n) is 15.0. The number of para-hydroxylation sites is 1. The van der Waals surface area contributed by atoms with Crippen molar-refractivity contribution in [3.05, 3.63) is 77.1 Å². The predicted molar refractivity (Wildman–Crippen MR) is 105 cm³/mol. The number of anilines is 3. The van der Waals surface area contributed by atoms with Crippen LogP contribution in [0.25, 0.3) is 0 Å². The van der Waals surface area contributed by atoms with Gasteiger partial charge in [0.25, 0.3) is 0 Å². The van der Waals surface area contributed by atoms with E-state index in [2.05, 4.69) is 64.4 Å². The average Bonchev–Trinajstić information content (AvgIpc) is 3.11. The Kier molecular flexibility index (Phi) is 3.63. The van der Waals surface area contributed by atoms with Gasteiger partial charge in [0.1, 0.15) is 17.5 Å². The maximum atomic E-state index is 4.75. The number of aryl methyl sites for hydroxylation is 1. The molecule has 0 radical (unpaired) electrons. The maximum absolute atomic E-state index is 4.75. The van der Waals surface area contributed by atoms with Crippen LogP contribution >= 0.6 is 0 Å². The standard InChI is InChI=1S/C22H22N4/c1-16-23-21(25-12-10-17-6-2-3-8-19(17)15-25)14-22(24-16)26-13-11-18-7-4-5-9-20(18)26/h2-9,14H,10-13,15H2,1H3. The first kappa shape index (κ1) is 15.4. The number of hydrogen-bond donors (Lipinski definition) is 0. The molecule has 130 valence electrons. The number of fused-ring (bicyclic) bond motifs is 2. The first-order valence-electron chi connectivity index (χ1n) is 9.31. The summed E-state index contributed by atoms with van der Waals surface area (Å²) in [7, 11) is 0. The van der Waals surface area contributed by atoms with E-state index in [1.165, 1.54) is 22.4 Å². The largest absolute Gasteiger partial charge is 0.352 e. The van der Waals surface area contributed by atoms with Crippen LogP contribution < -0.4 is 9.80 Å². The minimum absolute atomic E-state index is 0.834. The molecule has 26 heavy (non-hydrogen) atoms. The van der Waals surface area contributed by atoms with Crippen molar-refractivity contribution in [3.8, 4) is 0 Å². The van der Waals surface area contributed by atoms with Gasteiger partial charge in [-0.1, -0.05) is 42.5 Å². The highest BCUT2D eigenvalue weighted by Gasteiger charge is 2.23. The summed E-state index contributed by atoms with van der Waals surface area (Å²) in [5.74, 6) is 2.88. The first-order chi connectivity index (χ1) is 12.8. The van der Waals surface area contributed by atoms with Crippen LogP contribution in [0.1, 0.15) is 22.5 Å². The molecule has 0 unspecified atom stereocenters. The zero-order valence-corrected chi connectivity index (χ0v) is 15.0. The van der Waals surface area contributed by atoms with Crippen LogP contribution in [0.15, 0.2) is 54.6 Å². The number of aromatic nitrogens is 2. The van der Waals surface area contributed by atoms with Crippen LogP contribution in [0, 0.1) is 6.92 Å². The SMILES string of the molecule is Cc1nc(N2CCc3ccccc3C2)cc(N2CCc3ccccc32)n1. The molecule has 2 aliphatic rings. The van der Waals surface area contributed by atoms with Crippen molar-refractivity contribution in [1.82, 2.24) is 9.97 Å². The highest BCUT2D eigenvalue weighted by molar-refractivity contribution is 5.69. The van der Waals surface area contributed by atoms with Crippen LogP contribution in [-0.4, -0.2) is 23.1 Å². The lowest BCUT2D eigenvalue weighted by Crippen LogP contribution is -2.31. The van der Waals surface area contributed by atoms with Gasteiger partial charge in [-0.2, -0.15) is 0 Å². The Morgan fingerprint density at radius 1 is 0.769 bits per heavy atom. The number of hydrogen-bond acceptors (Lipinski definition) is 4. The predicted octanol–water partition coefficient (Wildman–Crippen LogP) is 4.04. The summed E-state index contributed by atoms with van der Waals surface area (Å²) >= 11 is 0. The van der Waals surface area contributed by atoms with Crippen molar-refractivity contribution in [2.24, 2.45) is 0 Å². The summed E-state index contributed by atoms with van der Waals surface area (Å²) in [5.41, 5.74) is 5.55. The summed E-state index contributed by atoms with van der Waals surface area (Å²) in [6.07, 6.45) is 2.15. The molecule has 0 atom stereocenters. The van der Waals surface area contributed by atoms with Crippen LogP contribution in [0.4, 0.5) is 17.3 Å². The topological polar surface area (TPSA) is 32.3 Å². The molecule has 4 nitrogen and oxygen atoms in total. The summed E-state index contributed by atoms with van der Waals surface area (Å²) in [6, 6.07) is 19.5. The summed E-state index contributed by atoms with van der Waals surface area (Å²) < 4.78 is 0. The Hall–Kier alpha value is -2.88. The molecule has 0 saturated carbocycles. The van der Waals surface area contributed by atoms with Crippen LogP contribution in [0.2, 0.25) is 0 Å². The molecule has 0 fully saturated rings. The Labute approximate surface area is 154 Å². The van der Waals surface area contributed by atoms with Crippen molar-refractivity contribution >= 4 is 17.3 Å². The summed E-state index contributed by atoms with van der Waals surface area (Å²) in [5, 5.41) is 0. The lowest BCUT2D eigenvalue weighted by atomic mass is 10.00. The molecule has 5 rings (SSSR count). The Morgan fingerprint density at radius 3 is 2.35 bits per heavy atom. The van der Waals surface area contributed by atoms with Crippen molar-refractivity contribution in [3.63, 3.8) is 0 Å². The van der Waals surface area contributed by atoms with Gasteiger partial charge in [0.15, 0.2) is 0 Å². The third-order valence-electron chi connectivity index (χ3n) is 5.43. The lowest BCUT2D eigenvalue weighted by molar-refractivity contribution is 0.716. The molecular weight excluding hydrogens is 320 g/mol. The molecule has 0 aliphatic carbocycles. The average molecular weight is 342 g/mol. The van der Waals surface area contributed by atoms with E-state index >= 15 is 0 Å². The highest BCUT2D eigenvalue weighted by Crippen LogP contribution is 2.35. The molecule has 0 saturated heterocycles. The van der Waals surface area contributed by atoms with Gasteiger partial charge >= 0.3 is 0 Å². The van der Waals surface area contributed by atoms with Crippen molar-refractivity contribution in [1.29, 1.82) is 0 Å². The van der Waals surface area contributed by atoms with E-state index in [4.69, 9.17) is 9.97 Å². The smallest absolute Gasteiger partial charge is 0.138 e. The van der Waals surface area contributed by atoms with Gasteiger partial charge in [0.05, 0.1) is 0 Å². The van der Waals surface area contributed by atoms with Crippen molar-refractivity contribution < 1.29 is 0 Å². The minimum atomic E-state index is 0.834. The van der Waals surface area contributed by atoms with Gasteiger partial charge in [0, 0.05) is 31.4 Å². The molecule has 0 bridgehead atoms. The molecule has 3 heterocycles. The minimum Gasteiger partial charge on any atom is -0.352 e. The van der Waals surface area contributed by atoms with Crippen molar-refractivity contribution in [2.75, 3.05) is 22.9 Å². The lowest BCUT2D eigenvalue weighted by Gasteiger charge is -2.30. The molecule has 0 spiro atoms. The van der Waals surface area contributed by atoms with E-state index in [-0.39, 0.29) is 0 Å². The fourth-order valence-electron chi connectivity index (χ4n) is 4.10. The van der Waals surface area contributed by atoms with E-state index in [0.29, 0.717) is 0 Å². The van der Waals surface area contributed by atoms with Gasteiger partial charge in [-0.25, -0.2) is 9.97 Å². The second kappa shape index (κ2) is 6.13. The van der Waals surface area contributed by atoms with E-state index in [1.54, 1.807) is 0 Å². The second-order valence-corrected chi connectivity index (χ2v) is 7.10. The molecule has 3 aromatic rings. The van der Waals surface area contributed by atoms with E-state index in [9.17, 15) is 0 Å². The van der Waals surface area contributed by atoms with Gasteiger partial charge in [-0.05, 0) is 42.5 Å². The normalized spacial score (nSPS) is 15.7. The molecular formula is C22H22N4. The number of rotatable bonds is 2. The maximum Gasteiger partial charge on any atom is 0.138 e. The fraction of sp³-hybridized carbons (Fsp3) is 0.273. The zero-order chi connectivity index (χ0) is 17.5. The Balaban J connectivity index is 1.49. The third-order valence-corrected chi connectivity index (χ3v) is 5.43. The molecule has 2 aromatic carbocycles. The second-order valence-electron chi connectivity index (χ2n) is 7.10.